The molecule has 0 radical (unpaired) electrons. The van der Waals surface area contributed by atoms with Crippen LogP contribution in [-0.2, 0) is 9.53 Å². The second-order valence-corrected chi connectivity index (χ2v) is 7.47. The number of ether oxygens (including phenoxy) is 1. The molecule has 4 heteroatoms. The van der Waals surface area contributed by atoms with Crippen LogP contribution in [0.1, 0.15) is 54.4 Å². The minimum atomic E-state index is -0.184. The summed E-state index contributed by atoms with van der Waals surface area (Å²) >= 11 is 0. The lowest BCUT2D eigenvalue weighted by Crippen LogP contribution is -2.48. The van der Waals surface area contributed by atoms with Crippen molar-refractivity contribution in [2.75, 3.05) is 19.7 Å². The lowest BCUT2D eigenvalue weighted by molar-refractivity contribution is -0.130. The molecule has 19 heavy (non-hydrogen) atoms. The lowest BCUT2D eigenvalue weighted by Gasteiger charge is -2.40. The first-order valence-corrected chi connectivity index (χ1v) is 7.25. The van der Waals surface area contributed by atoms with Gasteiger partial charge in [-0.3, -0.25) is 9.69 Å². The molecule has 1 aliphatic rings. The van der Waals surface area contributed by atoms with Gasteiger partial charge in [0.05, 0.1) is 6.10 Å². The minimum Gasteiger partial charge on any atom is -0.368 e. The fraction of sp³-hybridized carbons (Fsp3) is 0.933. The average molecular weight is 270 g/mol. The molecule has 1 aliphatic heterocycles. The number of hydrogen-bond acceptors (Lipinski definition) is 3. The number of nitrogens with zero attached hydrogens (tertiary/aromatic N) is 1. The van der Waals surface area contributed by atoms with E-state index in [2.05, 4.69) is 31.0 Å². The Bertz CT molecular complexity index is 294. The standard InChI is InChI=1S/C15H30N2O2/c1-14(2,3)16-13(18)11-19-12-7-9-17(10-8-12)15(4,5)6/h12H,7-11H2,1-6H3,(H,16,18). The number of carbonyl (C=O) groups excluding carboxylic acids is 1. The molecular weight excluding hydrogens is 240 g/mol. The van der Waals surface area contributed by atoms with E-state index in [1.54, 1.807) is 0 Å². The Morgan fingerprint density at radius 3 is 2.11 bits per heavy atom. The molecule has 1 amide bonds. The van der Waals surface area contributed by atoms with Crippen LogP contribution in [-0.4, -0.2) is 47.7 Å². The van der Waals surface area contributed by atoms with Gasteiger partial charge in [-0.15, -0.1) is 0 Å². The normalized spacial score (nSPS) is 19.5. The summed E-state index contributed by atoms with van der Waals surface area (Å²) < 4.78 is 5.71. The van der Waals surface area contributed by atoms with Crippen LogP contribution >= 0.6 is 0 Å². The molecule has 0 aliphatic carbocycles. The van der Waals surface area contributed by atoms with Gasteiger partial charge >= 0.3 is 0 Å². The number of piperidine rings is 1. The zero-order chi connectivity index (χ0) is 14.7. The molecule has 4 nitrogen and oxygen atoms in total. The number of carbonyl (C=O) groups is 1. The van der Waals surface area contributed by atoms with E-state index in [4.69, 9.17) is 4.74 Å². The van der Waals surface area contributed by atoms with Gasteiger partial charge in [-0.2, -0.15) is 0 Å². The third-order valence-corrected chi connectivity index (χ3v) is 3.36. The highest BCUT2D eigenvalue weighted by molar-refractivity contribution is 5.77. The number of likely N-dealkylation sites (tertiary alicyclic amines) is 1. The Balaban J connectivity index is 2.25. The Labute approximate surface area is 117 Å². The van der Waals surface area contributed by atoms with Gasteiger partial charge in [0.2, 0.25) is 5.91 Å². The number of nitrogens with one attached hydrogen (secondary N) is 1. The van der Waals surface area contributed by atoms with Gasteiger partial charge in [0.1, 0.15) is 6.61 Å². The monoisotopic (exact) mass is 270 g/mol. The van der Waals surface area contributed by atoms with E-state index in [1.807, 2.05) is 20.8 Å². The molecule has 0 saturated carbocycles. The molecule has 0 aromatic carbocycles. The van der Waals surface area contributed by atoms with E-state index in [-0.39, 0.29) is 29.7 Å². The second kappa shape index (κ2) is 6.23. The first kappa shape index (κ1) is 16.4. The van der Waals surface area contributed by atoms with Crippen molar-refractivity contribution in [1.82, 2.24) is 10.2 Å². The van der Waals surface area contributed by atoms with E-state index >= 15 is 0 Å². The second-order valence-electron chi connectivity index (χ2n) is 7.47. The first-order chi connectivity index (χ1) is 8.58. The SMILES string of the molecule is CC(C)(C)NC(=O)COC1CCN(C(C)(C)C)CC1. The summed E-state index contributed by atoms with van der Waals surface area (Å²) in [5, 5.41) is 2.92. The van der Waals surface area contributed by atoms with Crippen LogP contribution in [0.4, 0.5) is 0 Å². The average Bonchev–Trinajstić information content (AvgIpc) is 2.23. The Morgan fingerprint density at radius 2 is 1.68 bits per heavy atom. The highest BCUT2D eigenvalue weighted by atomic mass is 16.5. The predicted octanol–water partition coefficient (Wildman–Crippen LogP) is 2.18. The van der Waals surface area contributed by atoms with Crippen molar-refractivity contribution in [3.63, 3.8) is 0 Å². The fourth-order valence-electron chi connectivity index (χ4n) is 2.34. The smallest absolute Gasteiger partial charge is 0.246 e. The maximum absolute atomic E-state index is 11.7. The molecule has 0 aromatic heterocycles. The van der Waals surface area contributed by atoms with Crippen molar-refractivity contribution in [1.29, 1.82) is 0 Å². The van der Waals surface area contributed by atoms with E-state index in [9.17, 15) is 4.79 Å². The topological polar surface area (TPSA) is 41.6 Å². The van der Waals surface area contributed by atoms with Crippen LogP contribution in [0.5, 0.6) is 0 Å². The summed E-state index contributed by atoms with van der Waals surface area (Å²) in [5.41, 5.74) is 0.0463. The maximum Gasteiger partial charge on any atom is 0.246 e. The summed E-state index contributed by atoms with van der Waals surface area (Å²) in [4.78, 5) is 14.2. The quantitative estimate of drug-likeness (QED) is 0.854. The maximum atomic E-state index is 11.7. The van der Waals surface area contributed by atoms with Gasteiger partial charge in [-0.1, -0.05) is 0 Å². The van der Waals surface area contributed by atoms with Gasteiger partial charge in [0, 0.05) is 24.2 Å². The van der Waals surface area contributed by atoms with Gasteiger partial charge in [0.15, 0.2) is 0 Å². The summed E-state index contributed by atoms with van der Waals surface area (Å²) in [6, 6.07) is 0. The van der Waals surface area contributed by atoms with E-state index in [1.165, 1.54) is 0 Å². The number of hydrogen-bond donors (Lipinski definition) is 1. The highest BCUT2D eigenvalue weighted by Crippen LogP contribution is 2.21. The van der Waals surface area contributed by atoms with E-state index < -0.39 is 0 Å². The third kappa shape index (κ3) is 6.39. The summed E-state index contributed by atoms with van der Waals surface area (Å²) in [6.07, 6.45) is 2.25. The largest absolute Gasteiger partial charge is 0.368 e. The zero-order valence-corrected chi connectivity index (χ0v) is 13.4. The van der Waals surface area contributed by atoms with Crippen molar-refractivity contribution in [3.8, 4) is 0 Å². The molecule has 1 N–H and O–H groups in total. The van der Waals surface area contributed by atoms with Crippen LogP contribution in [0.3, 0.4) is 0 Å². The summed E-state index contributed by atoms with van der Waals surface area (Å²) in [5.74, 6) is -0.0225. The molecule has 1 rings (SSSR count). The molecule has 1 saturated heterocycles. The summed E-state index contributed by atoms with van der Waals surface area (Å²) in [7, 11) is 0. The van der Waals surface area contributed by atoms with Gasteiger partial charge < -0.3 is 10.1 Å². The van der Waals surface area contributed by atoms with Crippen LogP contribution in [0.15, 0.2) is 0 Å². The predicted molar refractivity (Wildman–Crippen MR) is 78.2 cm³/mol. The lowest BCUT2D eigenvalue weighted by atomic mass is 9.99. The molecule has 1 fully saturated rings. The molecule has 0 bridgehead atoms. The molecule has 112 valence electrons. The van der Waals surface area contributed by atoms with Crippen LogP contribution < -0.4 is 5.32 Å². The van der Waals surface area contributed by atoms with Crippen molar-refractivity contribution >= 4 is 5.91 Å². The van der Waals surface area contributed by atoms with E-state index in [0.29, 0.717) is 0 Å². The Kier molecular flexibility index (Phi) is 5.39. The molecule has 0 atom stereocenters. The van der Waals surface area contributed by atoms with Gasteiger partial charge in [0.25, 0.3) is 0 Å². The summed E-state index contributed by atoms with van der Waals surface area (Å²) in [6.45, 7) is 14.9. The third-order valence-electron chi connectivity index (χ3n) is 3.36. The van der Waals surface area contributed by atoms with Crippen molar-refractivity contribution in [2.45, 2.75) is 71.6 Å². The van der Waals surface area contributed by atoms with Crippen molar-refractivity contribution in [2.24, 2.45) is 0 Å². The minimum absolute atomic E-state index is 0.0225. The number of rotatable bonds is 3. The Morgan fingerprint density at radius 1 is 1.16 bits per heavy atom. The molecular formula is C15H30N2O2. The Hall–Kier alpha value is -0.610. The number of amides is 1. The zero-order valence-electron chi connectivity index (χ0n) is 13.4. The van der Waals surface area contributed by atoms with Crippen LogP contribution in [0.2, 0.25) is 0 Å². The van der Waals surface area contributed by atoms with Crippen LogP contribution in [0.25, 0.3) is 0 Å². The molecule has 0 aromatic rings. The van der Waals surface area contributed by atoms with Crippen molar-refractivity contribution < 1.29 is 9.53 Å². The highest BCUT2D eigenvalue weighted by Gasteiger charge is 2.27. The van der Waals surface area contributed by atoms with Gasteiger partial charge in [-0.05, 0) is 54.4 Å². The first-order valence-electron chi connectivity index (χ1n) is 7.25. The van der Waals surface area contributed by atoms with E-state index in [0.717, 1.165) is 25.9 Å². The van der Waals surface area contributed by atoms with Crippen LogP contribution in [0, 0.1) is 0 Å². The molecule has 0 spiro atoms. The van der Waals surface area contributed by atoms with Crippen molar-refractivity contribution in [3.05, 3.63) is 0 Å². The molecule has 0 unspecified atom stereocenters. The molecule has 1 heterocycles. The van der Waals surface area contributed by atoms with Gasteiger partial charge in [-0.25, -0.2) is 0 Å². The fourth-order valence-corrected chi connectivity index (χ4v) is 2.34.